The number of hydrogen-bond acceptors (Lipinski definition) is 3. The van der Waals surface area contributed by atoms with E-state index in [1.165, 1.54) is 22.3 Å². The fourth-order valence-corrected chi connectivity index (χ4v) is 7.99. The Morgan fingerprint density at radius 2 is 0.821 bits per heavy atom. The first-order valence-corrected chi connectivity index (χ1v) is 19.4. The van der Waals surface area contributed by atoms with Crippen LogP contribution in [0.2, 0.25) is 5.02 Å². The Morgan fingerprint density at radius 3 is 1.23 bits per heavy atom. The molecular formula is C50H41ClN4O. The maximum absolute atomic E-state index is 7.72. The molecule has 8 bridgehead atoms. The van der Waals surface area contributed by atoms with Crippen LogP contribution < -0.4 is 0 Å². The molecule has 5 nitrogen and oxygen atoms in total. The summed E-state index contributed by atoms with van der Waals surface area (Å²) in [7, 11) is 0. The van der Waals surface area contributed by atoms with Gasteiger partial charge in [-0.15, -0.1) is 0 Å². The lowest BCUT2D eigenvalue weighted by Crippen LogP contribution is -2.05. The number of aromatic amines is 2. The number of aliphatic imine (C=N–C) groups is 1. The van der Waals surface area contributed by atoms with E-state index in [4.69, 9.17) is 26.3 Å². The first-order chi connectivity index (χ1) is 27.2. The Bertz CT molecular complexity index is 2880. The van der Waals surface area contributed by atoms with Gasteiger partial charge in [-0.05, 0) is 93.3 Å². The zero-order valence-corrected chi connectivity index (χ0v) is 32.8. The van der Waals surface area contributed by atoms with Crippen LogP contribution in [0.3, 0.4) is 0 Å². The Hall–Kier alpha value is -6.43. The van der Waals surface area contributed by atoms with Crippen LogP contribution in [0, 0.1) is 27.7 Å². The summed E-state index contributed by atoms with van der Waals surface area (Å²) in [6, 6.07) is 42.9. The van der Waals surface area contributed by atoms with E-state index in [0.29, 0.717) is 23.2 Å². The molecule has 2 N–H and O–H groups in total. The van der Waals surface area contributed by atoms with Crippen LogP contribution in [0.1, 0.15) is 46.1 Å². The Morgan fingerprint density at radius 1 is 0.464 bits per heavy atom. The van der Waals surface area contributed by atoms with Gasteiger partial charge in [0.2, 0.25) is 5.90 Å². The number of hydrogen-bond donors (Lipinski definition) is 2. The summed E-state index contributed by atoms with van der Waals surface area (Å²) >= 11 is 7.72. The highest BCUT2D eigenvalue weighted by molar-refractivity contribution is 6.40. The lowest BCUT2D eigenvalue weighted by atomic mass is 9.98. The summed E-state index contributed by atoms with van der Waals surface area (Å²) in [5.41, 5.74) is 19.4. The molecule has 274 valence electrons. The van der Waals surface area contributed by atoms with Gasteiger partial charge in [0.1, 0.15) is 0 Å². The van der Waals surface area contributed by atoms with Crippen molar-refractivity contribution in [3.8, 4) is 44.5 Å². The molecule has 2 aliphatic heterocycles. The van der Waals surface area contributed by atoms with Gasteiger partial charge in [-0.1, -0.05) is 131 Å². The molecule has 0 saturated carbocycles. The fraction of sp³-hybridized carbons (Fsp3) is 0.120. The fourth-order valence-electron chi connectivity index (χ4n) is 7.67. The first kappa shape index (κ1) is 35.3. The quantitative estimate of drug-likeness (QED) is 0.184. The largest absolute Gasteiger partial charge is 0.477 e. The SMILES string of the molecule is CCOC1=Nc2c(Cl)c1c(-c1ccc(C)cc1)c1ccc([nH]1)c(-c1ccc(C)cc1)c1nc(c(-c3ccc(C)cc3)c3ccc([nH]3)c2-c2ccc(C)cc2)C=C1. The van der Waals surface area contributed by atoms with E-state index in [0.717, 1.165) is 83.5 Å². The third kappa shape index (κ3) is 6.34. The molecule has 0 radical (unpaired) electrons. The highest BCUT2D eigenvalue weighted by atomic mass is 35.5. The van der Waals surface area contributed by atoms with Crippen molar-refractivity contribution in [2.24, 2.45) is 4.99 Å². The summed E-state index contributed by atoms with van der Waals surface area (Å²) in [5, 5.41) is 0.518. The van der Waals surface area contributed by atoms with Crippen LogP contribution in [0.4, 0.5) is 5.69 Å². The molecular weight excluding hydrogens is 708 g/mol. The van der Waals surface area contributed by atoms with Crippen molar-refractivity contribution in [3.05, 3.63) is 166 Å². The van der Waals surface area contributed by atoms with Crippen LogP contribution in [-0.4, -0.2) is 27.5 Å². The summed E-state index contributed by atoms with van der Waals surface area (Å²) < 4.78 is 6.41. The minimum absolute atomic E-state index is 0.425. The molecule has 7 aromatic rings. The molecule has 0 spiro atoms. The van der Waals surface area contributed by atoms with Gasteiger partial charge >= 0.3 is 0 Å². The van der Waals surface area contributed by atoms with E-state index in [1.54, 1.807) is 0 Å². The number of nitrogens with one attached hydrogen (secondary N) is 2. The van der Waals surface area contributed by atoms with Crippen molar-refractivity contribution in [2.45, 2.75) is 34.6 Å². The molecule has 9 rings (SSSR count). The van der Waals surface area contributed by atoms with E-state index in [-0.39, 0.29) is 0 Å². The van der Waals surface area contributed by atoms with Gasteiger partial charge in [0.05, 0.1) is 34.3 Å². The molecule has 4 aromatic carbocycles. The molecule has 0 unspecified atom stereocenters. The number of aryl methyl sites for hydroxylation is 4. The zero-order valence-electron chi connectivity index (χ0n) is 32.1. The summed E-state index contributed by atoms with van der Waals surface area (Å²) in [6.45, 7) is 10.8. The summed E-state index contributed by atoms with van der Waals surface area (Å²) in [4.78, 5) is 18.3. The van der Waals surface area contributed by atoms with E-state index in [1.807, 2.05) is 6.92 Å². The molecule has 0 amide bonds. The average Bonchev–Trinajstić information content (AvgIpc) is 4.03. The van der Waals surface area contributed by atoms with Crippen molar-refractivity contribution < 1.29 is 4.74 Å². The number of H-pyrrole nitrogens is 2. The topological polar surface area (TPSA) is 66.1 Å². The lowest BCUT2D eigenvalue weighted by molar-refractivity contribution is 0.330. The van der Waals surface area contributed by atoms with Gasteiger partial charge < -0.3 is 14.7 Å². The van der Waals surface area contributed by atoms with Crippen LogP contribution in [0.15, 0.2) is 126 Å². The van der Waals surface area contributed by atoms with Crippen molar-refractivity contribution in [3.63, 3.8) is 0 Å². The first-order valence-electron chi connectivity index (χ1n) is 19.1. The highest BCUT2D eigenvalue weighted by Crippen LogP contribution is 2.47. The lowest BCUT2D eigenvalue weighted by Gasteiger charge is -2.10. The molecule has 0 aliphatic carbocycles. The molecule has 56 heavy (non-hydrogen) atoms. The Balaban J connectivity index is 1.52. The predicted octanol–water partition coefficient (Wildman–Crippen LogP) is 13.8. The number of ether oxygens (including phenoxy) is 1. The van der Waals surface area contributed by atoms with Crippen molar-refractivity contribution in [1.29, 1.82) is 0 Å². The van der Waals surface area contributed by atoms with Crippen LogP contribution in [-0.2, 0) is 4.74 Å². The maximum atomic E-state index is 7.72. The smallest absolute Gasteiger partial charge is 0.223 e. The average molecular weight is 749 g/mol. The Labute approximate surface area is 332 Å². The number of benzene rings is 4. The third-order valence-electron chi connectivity index (χ3n) is 10.6. The zero-order chi connectivity index (χ0) is 38.5. The van der Waals surface area contributed by atoms with Crippen LogP contribution >= 0.6 is 11.6 Å². The second-order valence-corrected chi connectivity index (χ2v) is 15.0. The molecule has 2 aliphatic rings. The number of fused-ring (bicyclic) bond motifs is 8. The third-order valence-corrected chi connectivity index (χ3v) is 11.0. The van der Waals surface area contributed by atoms with E-state index >= 15 is 0 Å². The molecule has 0 fully saturated rings. The standard InChI is InChI=1S/C50H41ClN4O/c1-6-56-50-47-45(35-19-11-31(4)12-20-35)41-27-25-39(53-41)43(33-15-7-29(2)8-16-33)37-23-24-38(52-37)44(34-17-9-30(3)10-18-34)40-26-28-42(54-40)46(49(55-50)48(47)51)36-21-13-32(5)14-22-36/h7-28,53-54H,6H2,1-5H3. The minimum atomic E-state index is 0.425. The monoisotopic (exact) mass is 748 g/mol. The maximum Gasteiger partial charge on any atom is 0.223 e. The van der Waals surface area contributed by atoms with Gasteiger partial charge in [-0.3, -0.25) is 0 Å². The van der Waals surface area contributed by atoms with Crippen molar-refractivity contribution in [1.82, 2.24) is 15.0 Å². The number of nitrogens with zero attached hydrogens (tertiary/aromatic N) is 2. The van der Waals surface area contributed by atoms with Gasteiger partial charge in [0.15, 0.2) is 0 Å². The highest BCUT2D eigenvalue weighted by Gasteiger charge is 2.28. The van der Waals surface area contributed by atoms with E-state index in [2.05, 4.69) is 171 Å². The predicted molar refractivity (Wildman–Crippen MR) is 236 cm³/mol. The normalized spacial score (nSPS) is 12.2. The van der Waals surface area contributed by atoms with E-state index in [9.17, 15) is 0 Å². The van der Waals surface area contributed by atoms with Crippen LogP contribution in [0.25, 0.3) is 78.7 Å². The van der Waals surface area contributed by atoms with Crippen LogP contribution in [0.5, 0.6) is 0 Å². The number of rotatable bonds is 5. The Kier molecular flexibility index (Phi) is 9.03. The second-order valence-electron chi connectivity index (χ2n) is 14.6. The summed E-state index contributed by atoms with van der Waals surface area (Å²) in [5.74, 6) is 0.483. The number of aromatic nitrogens is 3. The molecule has 0 saturated heterocycles. The van der Waals surface area contributed by atoms with Gasteiger partial charge in [-0.25, -0.2) is 9.98 Å². The number of halogens is 1. The van der Waals surface area contributed by atoms with Gasteiger partial charge in [0.25, 0.3) is 0 Å². The van der Waals surface area contributed by atoms with Gasteiger partial charge in [0, 0.05) is 44.3 Å². The second kappa shape index (κ2) is 14.3. The van der Waals surface area contributed by atoms with Crippen molar-refractivity contribution >= 4 is 57.4 Å². The van der Waals surface area contributed by atoms with Gasteiger partial charge in [-0.2, -0.15) is 0 Å². The minimum Gasteiger partial charge on any atom is -0.477 e. The summed E-state index contributed by atoms with van der Waals surface area (Å²) in [6.07, 6.45) is 4.26. The van der Waals surface area contributed by atoms with E-state index < -0.39 is 0 Å². The van der Waals surface area contributed by atoms with Crippen molar-refractivity contribution in [2.75, 3.05) is 6.61 Å². The molecule has 6 heteroatoms. The molecule has 5 heterocycles. The molecule has 0 atom stereocenters. The molecule has 3 aromatic heterocycles.